The van der Waals surface area contributed by atoms with Crippen molar-refractivity contribution in [2.75, 3.05) is 5.32 Å². The van der Waals surface area contributed by atoms with Crippen molar-refractivity contribution < 1.29 is 9.31 Å². The van der Waals surface area contributed by atoms with Gasteiger partial charge in [0.25, 0.3) is 0 Å². The van der Waals surface area contributed by atoms with Gasteiger partial charge < -0.3 is 11.1 Å². The number of hydrogen-bond donors (Lipinski definition) is 3. The number of benzene rings is 1. The van der Waals surface area contributed by atoms with E-state index >= 15 is 0 Å². The number of anilines is 1. The van der Waals surface area contributed by atoms with Gasteiger partial charge in [0.1, 0.15) is 0 Å². The van der Waals surface area contributed by atoms with E-state index in [1.165, 1.54) is 17.4 Å². The van der Waals surface area contributed by atoms with E-state index in [9.17, 15) is 14.5 Å². The zero-order valence-corrected chi connectivity index (χ0v) is 12.3. The molecule has 0 fully saturated rings. The van der Waals surface area contributed by atoms with Crippen LogP contribution in [0.25, 0.3) is 11.3 Å². The fourth-order valence-corrected chi connectivity index (χ4v) is 2.13. The number of hydrogen-bond acceptors (Lipinski definition) is 5. The topological polar surface area (TPSA) is 118 Å². The molecule has 106 valence electrons. The summed E-state index contributed by atoms with van der Waals surface area (Å²) in [5.74, 6) is -1.17. The maximum Gasteiger partial charge on any atom is 0.304 e. The van der Waals surface area contributed by atoms with E-state index in [-0.39, 0.29) is 22.9 Å². The molecule has 2 aromatic rings. The minimum atomic E-state index is -0.920. The van der Waals surface area contributed by atoms with Gasteiger partial charge >= 0.3 is 5.69 Å². The van der Waals surface area contributed by atoms with Gasteiger partial charge in [0.2, 0.25) is 5.82 Å². The molecule has 20 heavy (non-hydrogen) atoms. The van der Waals surface area contributed by atoms with E-state index in [0.29, 0.717) is 16.4 Å². The lowest BCUT2D eigenvalue weighted by atomic mass is 10.1. The van der Waals surface area contributed by atoms with Crippen LogP contribution in [0.5, 0.6) is 0 Å². The molecule has 0 saturated heterocycles. The number of halogens is 2. The second-order valence-corrected chi connectivity index (χ2v) is 4.36. The van der Waals surface area contributed by atoms with Crippen LogP contribution >= 0.6 is 28.3 Å². The van der Waals surface area contributed by atoms with E-state index in [2.05, 4.69) is 10.3 Å². The third-order valence-electron chi connectivity index (χ3n) is 2.19. The summed E-state index contributed by atoms with van der Waals surface area (Å²) in [6.45, 7) is 0. The average Bonchev–Trinajstić information content (AvgIpc) is 2.75. The van der Waals surface area contributed by atoms with E-state index in [0.717, 1.165) is 12.1 Å². The molecule has 1 heterocycles. The van der Waals surface area contributed by atoms with Gasteiger partial charge in [0.05, 0.1) is 10.6 Å². The Morgan fingerprint density at radius 2 is 2.25 bits per heavy atom. The normalized spacial score (nSPS) is 9.65. The molecule has 4 N–H and O–H groups in total. The Kier molecular flexibility index (Phi) is 5.11. The van der Waals surface area contributed by atoms with Crippen LogP contribution in [0.4, 0.5) is 15.2 Å². The average molecular weight is 362 g/mol. The first-order chi connectivity index (χ1) is 8.97. The van der Waals surface area contributed by atoms with E-state index in [4.69, 9.17) is 11.1 Å². The number of nitrogens with zero attached hydrogens (tertiary/aromatic N) is 2. The van der Waals surface area contributed by atoms with Gasteiger partial charge in [0, 0.05) is 17.0 Å². The van der Waals surface area contributed by atoms with Crippen LogP contribution in [0.3, 0.4) is 0 Å². The summed E-state index contributed by atoms with van der Waals surface area (Å²) < 4.78 is 13.5. The van der Waals surface area contributed by atoms with Gasteiger partial charge in [-0.15, -0.1) is 28.3 Å². The van der Waals surface area contributed by atoms with Crippen molar-refractivity contribution in [3.63, 3.8) is 0 Å². The molecule has 0 bridgehead atoms. The quantitative estimate of drug-likeness (QED) is 0.336. The highest BCUT2D eigenvalue weighted by Gasteiger charge is 2.15. The van der Waals surface area contributed by atoms with Crippen molar-refractivity contribution in [3.8, 4) is 11.3 Å². The summed E-state index contributed by atoms with van der Waals surface area (Å²) in [6.07, 6.45) is 0. The second-order valence-electron chi connectivity index (χ2n) is 3.50. The fourth-order valence-electron chi connectivity index (χ4n) is 1.39. The molecule has 0 amide bonds. The van der Waals surface area contributed by atoms with Gasteiger partial charge in [-0.3, -0.25) is 15.5 Å². The Labute approximate surface area is 127 Å². The monoisotopic (exact) mass is 361 g/mol. The third kappa shape index (κ3) is 3.48. The maximum atomic E-state index is 13.5. The zero-order valence-electron chi connectivity index (χ0n) is 9.79. The summed E-state index contributed by atoms with van der Waals surface area (Å²) in [5, 5.41) is 22.1. The number of nitro groups is 1. The predicted molar refractivity (Wildman–Crippen MR) is 80.0 cm³/mol. The molecular formula is C10H9BrFN5O2S. The molecule has 0 aliphatic heterocycles. The third-order valence-corrected chi connectivity index (χ3v) is 2.94. The van der Waals surface area contributed by atoms with Crippen LogP contribution in [-0.2, 0) is 0 Å². The standard InChI is InChI=1S/C10H8FN5O2S.BrH/c11-6-3-5(1-2-8(6)16(17)18)7-4-19-10(14-7)15-9(12)13;/h1-4H,(H4,12,13,14,15);1H. The molecule has 1 aromatic carbocycles. The van der Waals surface area contributed by atoms with E-state index in [1.54, 1.807) is 5.38 Å². The van der Waals surface area contributed by atoms with Crippen molar-refractivity contribution in [2.45, 2.75) is 0 Å². The predicted octanol–water partition coefficient (Wildman–Crippen LogP) is 2.74. The van der Waals surface area contributed by atoms with Gasteiger partial charge in [-0.2, -0.15) is 4.39 Å². The largest absolute Gasteiger partial charge is 0.370 e. The maximum absolute atomic E-state index is 13.5. The number of guanidine groups is 1. The highest BCUT2D eigenvalue weighted by atomic mass is 79.9. The SMILES string of the molecule is Br.N=C(N)Nc1nc(-c2ccc([N+](=O)[O-])c(F)c2)cs1. The van der Waals surface area contributed by atoms with Crippen LogP contribution in [0.2, 0.25) is 0 Å². The highest BCUT2D eigenvalue weighted by molar-refractivity contribution is 8.93. The first-order valence-electron chi connectivity index (χ1n) is 4.98. The molecule has 0 radical (unpaired) electrons. The molecule has 2 rings (SSSR count). The zero-order chi connectivity index (χ0) is 14.0. The molecule has 7 nitrogen and oxygen atoms in total. The van der Waals surface area contributed by atoms with Gasteiger partial charge in [-0.25, -0.2) is 4.98 Å². The number of rotatable bonds is 3. The van der Waals surface area contributed by atoms with Crippen molar-refractivity contribution in [3.05, 3.63) is 39.5 Å². The Bertz CT molecular complexity index is 663. The number of aromatic nitrogens is 1. The molecule has 0 aliphatic rings. The summed E-state index contributed by atoms with van der Waals surface area (Å²) in [7, 11) is 0. The first-order valence-corrected chi connectivity index (χ1v) is 5.86. The lowest BCUT2D eigenvalue weighted by molar-refractivity contribution is -0.387. The van der Waals surface area contributed by atoms with Crippen molar-refractivity contribution in [1.82, 2.24) is 4.98 Å². The summed E-state index contributed by atoms with van der Waals surface area (Å²) in [4.78, 5) is 13.8. The smallest absolute Gasteiger partial charge is 0.304 e. The van der Waals surface area contributed by atoms with E-state index in [1.807, 2.05) is 0 Å². The van der Waals surface area contributed by atoms with Gasteiger partial charge in [-0.05, 0) is 12.1 Å². The Balaban J connectivity index is 0.00000200. The number of nitrogens with two attached hydrogens (primary N) is 1. The minimum Gasteiger partial charge on any atom is -0.370 e. The number of nitrogens with one attached hydrogen (secondary N) is 2. The lowest BCUT2D eigenvalue weighted by Crippen LogP contribution is -2.20. The van der Waals surface area contributed by atoms with Crippen LogP contribution in [0.1, 0.15) is 0 Å². The molecule has 0 saturated carbocycles. The number of nitro benzene ring substituents is 1. The van der Waals surface area contributed by atoms with Crippen molar-refractivity contribution in [2.24, 2.45) is 5.73 Å². The Morgan fingerprint density at radius 3 is 2.80 bits per heavy atom. The van der Waals surface area contributed by atoms with Crippen LogP contribution in [0, 0.1) is 21.3 Å². The summed E-state index contributed by atoms with van der Waals surface area (Å²) >= 11 is 1.19. The van der Waals surface area contributed by atoms with E-state index < -0.39 is 16.4 Å². The van der Waals surface area contributed by atoms with Crippen molar-refractivity contribution >= 4 is 45.1 Å². The van der Waals surface area contributed by atoms with Gasteiger partial charge in [0.15, 0.2) is 11.1 Å². The molecule has 0 aliphatic carbocycles. The molecular weight excluding hydrogens is 353 g/mol. The molecule has 1 aromatic heterocycles. The molecule has 0 unspecified atom stereocenters. The van der Waals surface area contributed by atoms with Crippen LogP contribution in [-0.4, -0.2) is 15.9 Å². The Morgan fingerprint density at radius 1 is 1.55 bits per heavy atom. The van der Waals surface area contributed by atoms with Crippen LogP contribution in [0.15, 0.2) is 23.6 Å². The van der Waals surface area contributed by atoms with Crippen LogP contribution < -0.4 is 11.1 Å². The Hall–Kier alpha value is -2.07. The molecule has 0 atom stereocenters. The molecule has 10 heteroatoms. The van der Waals surface area contributed by atoms with Gasteiger partial charge in [-0.1, -0.05) is 0 Å². The lowest BCUT2D eigenvalue weighted by Gasteiger charge is -1.99. The molecule has 0 spiro atoms. The second kappa shape index (κ2) is 6.39. The number of thiazole rings is 1. The first kappa shape index (κ1) is 16.0. The van der Waals surface area contributed by atoms with Crippen molar-refractivity contribution in [1.29, 1.82) is 5.41 Å². The summed E-state index contributed by atoms with van der Waals surface area (Å²) in [5.41, 5.74) is 5.43. The highest BCUT2D eigenvalue weighted by Crippen LogP contribution is 2.28. The minimum absolute atomic E-state index is 0. The fraction of sp³-hybridized carbons (Fsp3) is 0. The summed E-state index contributed by atoms with van der Waals surface area (Å²) in [6, 6.07) is 3.54.